The normalized spacial score (nSPS) is 21.7. The fraction of sp³-hybridized carbons (Fsp3) is 1.00. The average molecular weight is 130 g/mol. The quantitative estimate of drug-likeness (QED) is 0.578. The van der Waals surface area contributed by atoms with E-state index in [1.807, 2.05) is 13.8 Å². The van der Waals surface area contributed by atoms with Crippen LogP contribution >= 0.6 is 0 Å². The van der Waals surface area contributed by atoms with Crippen LogP contribution in [0, 0.1) is 5.92 Å². The summed E-state index contributed by atoms with van der Waals surface area (Å²) in [5, 5.41) is 0. The zero-order valence-electron chi connectivity index (χ0n) is 6.81. The monoisotopic (exact) mass is 130 g/mol. The fourth-order valence-corrected chi connectivity index (χ4v) is 0.526. The molecule has 9 heavy (non-hydrogen) atoms. The first-order valence-corrected chi connectivity index (χ1v) is 3.43. The molecule has 2 unspecified atom stereocenters. The second-order valence-electron chi connectivity index (χ2n) is 3.31. The highest BCUT2D eigenvalue weighted by molar-refractivity contribution is 4.89. The molecule has 0 aromatic rings. The van der Waals surface area contributed by atoms with Gasteiger partial charge in [0.15, 0.2) is 0 Å². The predicted octanol–water partition coefficient (Wildman–Crippen LogP) is 0.707. The molecule has 0 aliphatic heterocycles. The van der Waals surface area contributed by atoms with E-state index in [2.05, 4.69) is 13.8 Å². The molecule has 0 aliphatic rings. The van der Waals surface area contributed by atoms with Crippen molar-refractivity contribution in [1.82, 2.24) is 0 Å². The van der Waals surface area contributed by atoms with Crippen LogP contribution in [0.1, 0.15) is 27.7 Å². The van der Waals surface area contributed by atoms with Crippen molar-refractivity contribution < 1.29 is 0 Å². The summed E-state index contributed by atoms with van der Waals surface area (Å²) >= 11 is 0. The molecular weight excluding hydrogens is 112 g/mol. The van der Waals surface area contributed by atoms with Crippen molar-refractivity contribution >= 4 is 0 Å². The van der Waals surface area contributed by atoms with Crippen molar-refractivity contribution in [2.45, 2.75) is 39.3 Å². The summed E-state index contributed by atoms with van der Waals surface area (Å²) in [7, 11) is 0. The van der Waals surface area contributed by atoms with E-state index in [1.165, 1.54) is 0 Å². The summed E-state index contributed by atoms with van der Waals surface area (Å²) in [6, 6.07) is 0.0671. The second kappa shape index (κ2) is 2.67. The molecule has 0 aromatic carbocycles. The van der Waals surface area contributed by atoms with Gasteiger partial charge >= 0.3 is 0 Å². The van der Waals surface area contributed by atoms with Gasteiger partial charge in [0.25, 0.3) is 0 Å². The van der Waals surface area contributed by atoms with Crippen LogP contribution in [0.15, 0.2) is 0 Å². The van der Waals surface area contributed by atoms with Crippen LogP contribution in [0.3, 0.4) is 0 Å². The van der Waals surface area contributed by atoms with Crippen molar-refractivity contribution in [1.29, 1.82) is 0 Å². The minimum Gasteiger partial charge on any atom is -0.326 e. The van der Waals surface area contributed by atoms with Gasteiger partial charge in [-0.2, -0.15) is 0 Å². The maximum Gasteiger partial charge on any atom is 0.0299 e. The Bertz CT molecular complexity index is 74.9. The lowest BCUT2D eigenvalue weighted by molar-refractivity contribution is 0.291. The van der Waals surface area contributed by atoms with E-state index < -0.39 is 0 Å². The molecule has 4 N–H and O–H groups in total. The first kappa shape index (κ1) is 8.92. The molecule has 0 radical (unpaired) electrons. The van der Waals surface area contributed by atoms with Crippen molar-refractivity contribution in [2.24, 2.45) is 17.4 Å². The Morgan fingerprint density at radius 3 is 1.56 bits per heavy atom. The lowest BCUT2D eigenvalue weighted by Crippen LogP contribution is -2.55. The van der Waals surface area contributed by atoms with Gasteiger partial charge in [0.2, 0.25) is 0 Å². The van der Waals surface area contributed by atoms with E-state index in [1.54, 1.807) is 0 Å². The number of hydrogen-bond acceptors (Lipinski definition) is 2. The molecule has 0 aromatic heterocycles. The van der Waals surface area contributed by atoms with E-state index in [4.69, 9.17) is 11.5 Å². The Kier molecular flexibility index (Phi) is 2.65. The van der Waals surface area contributed by atoms with E-state index in [-0.39, 0.29) is 11.6 Å². The molecule has 0 fully saturated rings. The first-order chi connectivity index (χ1) is 3.89. The van der Waals surface area contributed by atoms with E-state index in [0.717, 1.165) is 0 Å². The highest BCUT2D eigenvalue weighted by atomic mass is 14.8. The topological polar surface area (TPSA) is 52.0 Å². The molecule has 0 bridgehead atoms. The smallest absolute Gasteiger partial charge is 0.0299 e. The van der Waals surface area contributed by atoms with E-state index in [9.17, 15) is 0 Å². The zero-order valence-corrected chi connectivity index (χ0v) is 6.81. The van der Waals surface area contributed by atoms with Crippen LogP contribution < -0.4 is 11.5 Å². The van der Waals surface area contributed by atoms with Crippen molar-refractivity contribution in [3.63, 3.8) is 0 Å². The summed E-state index contributed by atoms with van der Waals surface area (Å²) in [4.78, 5) is 0. The van der Waals surface area contributed by atoms with Crippen LogP contribution in [-0.2, 0) is 0 Å². The van der Waals surface area contributed by atoms with E-state index >= 15 is 0 Å². The minimum absolute atomic E-state index is 0.0671. The summed E-state index contributed by atoms with van der Waals surface area (Å²) in [5.74, 6) is 0.442. The highest BCUT2D eigenvalue weighted by Gasteiger charge is 2.26. The molecule has 0 spiro atoms. The van der Waals surface area contributed by atoms with E-state index in [0.29, 0.717) is 5.92 Å². The van der Waals surface area contributed by atoms with Crippen LogP contribution in [0.4, 0.5) is 0 Å². The molecule has 56 valence electrons. The SMILES string of the molecule is CC(C)C(C)(N)C(C)N. The Hall–Kier alpha value is -0.0800. The maximum absolute atomic E-state index is 5.88. The average Bonchev–Trinajstić information content (AvgIpc) is 1.65. The number of nitrogens with two attached hydrogens (primary N) is 2. The molecule has 2 nitrogen and oxygen atoms in total. The third-order valence-electron chi connectivity index (χ3n) is 2.23. The second-order valence-corrected chi connectivity index (χ2v) is 3.31. The van der Waals surface area contributed by atoms with Crippen LogP contribution in [0.2, 0.25) is 0 Å². The predicted molar refractivity (Wildman–Crippen MR) is 41.1 cm³/mol. The Morgan fingerprint density at radius 2 is 1.56 bits per heavy atom. The van der Waals surface area contributed by atoms with Gasteiger partial charge < -0.3 is 11.5 Å². The Morgan fingerprint density at radius 1 is 1.22 bits per heavy atom. The van der Waals surface area contributed by atoms with Gasteiger partial charge in [-0.25, -0.2) is 0 Å². The van der Waals surface area contributed by atoms with Gasteiger partial charge in [0.05, 0.1) is 0 Å². The molecule has 0 aliphatic carbocycles. The van der Waals surface area contributed by atoms with Gasteiger partial charge in [0, 0.05) is 11.6 Å². The van der Waals surface area contributed by atoms with Crippen molar-refractivity contribution in [2.75, 3.05) is 0 Å². The van der Waals surface area contributed by atoms with Gasteiger partial charge in [-0.05, 0) is 19.8 Å². The number of rotatable bonds is 2. The van der Waals surface area contributed by atoms with Crippen molar-refractivity contribution in [3.8, 4) is 0 Å². The molecule has 0 amide bonds. The lowest BCUT2D eigenvalue weighted by atomic mass is 9.84. The zero-order chi connectivity index (χ0) is 7.65. The number of hydrogen-bond donors (Lipinski definition) is 2. The standard InChI is InChI=1S/C7H18N2/c1-5(2)7(4,9)6(3)8/h5-6H,8-9H2,1-4H3. The molecule has 2 atom stereocenters. The summed E-state index contributed by atoms with van der Waals surface area (Å²) < 4.78 is 0. The van der Waals surface area contributed by atoms with Crippen LogP contribution in [0.5, 0.6) is 0 Å². The molecule has 0 saturated carbocycles. The Labute approximate surface area is 57.6 Å². The first-order valence-electron chi connectivity index (χ1n) is 3.43. The van der Waals surface area contributed by atoms with Gasteiger partial charge in [-0.1, -0.05) is 13.8 Å². The van der Waals surface area contributed by atoms with Gasteiger partial charge in [-0.15, -0.1) is 0 Å². The Balaban J connectivity index is 4.01. The molecule has 0 saturated heterocycles. The molecule has 0 rings (SSSR count). The molecule has 2 heteroatoms. The van der Waals surface area contributed by atoms with Crippen molar-refractivity contribution in [3.05, 3.63) is 0 Å². The third kappa shape index (κ3) is 1.95. The summed E-state index contributed by atoms with van der Waals surface area (Å²) in [5.41, 5.74) is 11.3. The summed E-state index contributed by atoms with van der Waals surface area (Å²) in [6.07, 6.45) is 0. The maximum atomic E-state index is 5.88. The fourth-order valence-electron chi connectivity index (χ4n) is 0.526. The largest absolute Gasteiger partial charge is 0.326 e. The van der Waals surface area contributed by atoms with Gasteiger partial charge in [0.1, 0.15) is 0 Å². The van der Waals surface area contributed by atoms with Crippen LogP contribution in [0.25, 0.3) is 0 Å². The van der Waals surface area contributed by atoms with Crippen LogP contribution in [-0.4, -0.2) is 11.6 Å². The lowest BCUT2D eigenvalue weighted by Gasteiger charge is -2.32. The highest BCUT2D eigenvalue weighted by Crippen LogP contribution is 2.15. The molecule has 0 heterocycles. The minimum atomic E-state index is -0.222. The third-order valence-corrected chi connectivity index (χ3v) is 2.23. The summed E-state index contributed by atoms with van der Waals surface area (Å²) in [6.45, 7) is 8.11. The molecular formula is C7H18N2. The van der Waals surface area contributed by atoms with Gasteiger partial charge in [-0.3, -0.25) is 0 Å².